The fourth-order valence-corrected chi connectivity index (χ4v) is 4.48. The first kappa shape index (κ1) is 33.9. The molecule has 0 amide bonds. The first-order chi connectivity index (χ1) is 19.3. The van der Waals surface area contributed by atoms with E-state index in [0.717, 1.165) is 24.3 Å². The molecule has 2 saturated heterocycles. The van der Waals surface area contributed by atoms with Crippen LogP contribution in [0.2, 0.25) is 0 Å². The van der Waals surface area contributed by atoms with Crippen LogP contribution >= 0.6 is 0 Å². The monoisotopic (exact) mass is 624 g/mol. The van der Waals surface area contributed by atoms with Gasteiger partial charge in [-0.25, -0.2) is 0 Å². The highest BCUT2D eigenvalue weighted by Gasteiger charge is 2.38. The molecule has 2 N–H and O–H groups in total. The van der Waals surface area contributed by atoms with Gasteiger partial charge in [0.1, 0.15) is 0 Å². The summed E-state index contributed by atoms with van der Waals surface area (Å²) in [5, 5.41) is 6.14. The van der Waals surface area contributed by atoms with Gasteiger partial charge in [0.05, 0.1) is 22.3 Å². The van der Waals surface area contributed by atoms with Crippen molar-refractivity contribution in [2.24, 2.45) is 0 Å². The second-order valence-corrected chi connectivity index (χ2v) is 9.88. The summed E-state index contributed by atoms with van der Waals surface area (Å²) in [6.45, 7) is 5.22. The third kappa shape index (κ3) is 10.3. The van der Waals surface area contributed by atoms with E-state index >= 15 is 0 Å². The zero-order valence-corrected chi connectivity index (χ0v) is 22.0. The zero-order chi connectivity index (χ0) is 31.3. The summed E-state index contributed by atoms with van der Waals surface area (Å²) in [4.78, 5) is 3.65. The maximum absolute atomic E-state index is 12.7. The van der Waals surface area contributed by atoms with Gasteiger partial charge in [0.2, 0.25) is 0 Å². The first-order valence-corrected chi connectivity index (χ1v) is 12.8. The minimum atomic E-state index is -4.79. The molecule has 0 aliphatic carbocycles. The Bertz CT molecular complexity index is 1000. The number of halogens is 12. The van der Waals surface area contributed by atoms with Crippen molar-refractivity contribution in [2.45, 2.75) is 37.8 Å². The molecule has 0 atom stereocenters. The Balaban J connectivity index is 0.000000230. The number of rotatable bonds is 4. The SMILES string of the molecule is FC(F)(F)c1cc(CN2CCNCC2)cc(C(F)(F)F)c1.FC(F)(F)c1cc(CN2CCNCC2)cc(C(F)(F)F)c1. The highest BCUT2D eigenvalue weighted by molar-refractivity contribution is 5.34. The van der Waals surface area contributed by atoms with Crippen LogP contribution in [0, 0.1) is 0 Å². The number of benzene rings is 2. The van der Waals surface area contributed by atoms with E-state index in [1.165, 1.54) is 0 Å². The van der Waals surface area contributed by atoms with Crippen molar-refractivity contribution in [1.82, 2.24) is 20.4 Å². The van der Waals surface area contributed by atoms with Crippen LogP contribution in [0.1, 0.15) is 33.4 Å². The Hall–Kier alpha value is -2.56. The van der Waals surface area contributed by atoms with Crippen LogP contribution in [0.25, 0.3) is 0 Å². The number of nitrogens with one attached hydrogen (secondary N) is 2. The van der Waals surface area contributed by atoms with E-state index in [-0.39, 0.29) is 36.3 Å². The molecule has 2 aliphatic heterocycles. The third-order valence-electron chi connectivity index (χ3n) is 6.53. The summed E-state index contributed by atoms with van der Waals surface area (Å²) in [6, 6.07) is 3.46. The van der Waals surface area contributed by atoms with E-state index in [1.807, 2.05) is 9.80 Å². The Morgan fingerprint density at radius 3 is 0.881 bits per heavy atom. The van der Waals surface area contributed by atoms with Crippen LogP contribution in [0.5, 0.6) is 0 Å². The second kappa shape index (κ2) is 13.4. The largest absolute Gasteiger partial charge is 0.416 e. The molecule has 4 nitrogen and oxygen atoms in total. The lowest BCUT2D eigenvalue weighted by Crippen LogP contribution is -2.42. The summed E-state index contributed by atoms with van der Waals surface area (Å²) >= 11 is 0. The van der Waals surface area contributed by atoms with Crippen molar-refractivity contribution in [2.75, 3.05) is 52.4 Å². The molecule has 2 heterocycles. The van der Waals surface area contributed by atoms with E-state index in [4.69, 9.17) is 0 Å². The molecule has 0 saturated carbocycles. The molecule has 2 aromatic carbocycles. The van der Waals surface area contributed by atoms with Gasteiger partial charge in [0.15, 0.2) is 0 Å². The lowest BCUT2D eigenvalue weighted by Gasteiger charge is -2.27. The molecule has 2 fully saturated rings. The van der Waals surface area contributed by atoms with Crippen LogP contribution in [0.4, 0.5) is 52.7 Å². The van der Waals surface area contributed by atoms with Gasteiger partial charge in [-0.2, -0.15) is 52.7 Å². The van der Waals surface area contributed by atoms with E-state index in [9.17, 15) is 52.7 Å². The molecular weight excluding hydrogens is 596 g/mol. The lowest BCUT2D eigenvalue weighted by molar-refractivity contribution is -0.144. The molecule has 0 bridgehead atoms. The highest BCUT2D eigenvalue weighted by Crippen LogP contribution is 2.38. The minimum absolute atomic E-state index is 0.0269. The van der Waals surface area contributed by atoms with Gasteiger partial charge < -0.3 is 10.6 Å². The van der Waals surface area contributed by atoms with Crippen molar-refractivity contribution in [3.63, 3.8) is 0 Å². The first-order valence-electron chi connectivity index (χ1n) is 12.8. The molecule has 0 aromatic heterocycles. The number of hydrogen-bond acceptors (Lipinski definition) is 4. The quantitative estimate of drug-likeness (QED) is 0.394. The average molecular weight is 625 g/mol. The van der Waals surface area contributed by atoms with E-state index < -0.39 is 47.0 Å². The molecule has 236 valence electrons. The topological polar surface area (TPSA) is 30.5 Å². The van der Waals surface area contributed by atoms with Gasteiger partial charge in [0.25, 0.3) is 0 Å². The van der Waals surface area contributed by atoms with Crippen LogP contribution in [-0.4, -0.2) is 62.2 Å². The molecular formula is C26H28F12N4. The molecule has 0 radical (unpaired) electrons. The Morgan fingerprint density at radius 1 is 0.429 bits per heavy atom. The summed E-state index contributed by atoms with van der Waals surface area (Å²) in [6.07, 6.45) is -19.2. The van der Waals surface area contributed by atoms with Gasteiger partial charge in [-0.05, 0) is 47.5 Å². The van der Waals surface area contributed by atoms with E-state index in [0.29, 0.717) is 52.4 Å². The van der Waals surface area contributed by atoms with Gasteiger partial charge in [0, 0.05) is 65.4 Å². The molecule has 4 rings (SSSR count). The van der Waals surface area contributed by atoms with Crippen LogP contribution in [0.3, 0.4) is 0 Å². The third-order valence-corrected chi connectivity index (χ3v) is 6.53. The molecule has 42 heavy (non-hydrogen) atoms. The number of hydrogen-bond donors (Lipinski definition) is 2. The summed E-state index contributed by atoms with van der Waals surface area (Å²) in [5.74, 6) is 0. The highest BCUT2D eigenvalue weighted by atomic mass is 19.4. The number of piperazine rings is 2. The van der Waals surface area contributed by atoms with Gasteiger partial charge in [-0.1, -0.05) is 0 Å². The summed E-state index contributed by atoms with van der Waals surface area (Å²) in [5.41, 5.74) is -4.99. The minimum Gasteiger partial charge on any atom is -0.314 e. The Morgan fingerprint density at radius 2 is 0.667 bits per heavy atom. The van der Waals surface area contributed by atoms with Crippen LogP contribution in [-0.2, 0) is 37.8 Å². The molecule has 16 heteroatoms. The Labute approximate surface area is 233 Å². The van der Waals surface area contributed by atoms with Crippen LogP contribution in [0.15, 0.2) is 36.4 Å². The van der Waals surface area contributed by atoms with E-state index in [2.05, 4.69) is 10.6 Å². The lowest BCUT2D eigenvalue weighted by atomic mass is 10.0. The van der Waals surface area contributed by atoms with Crippen molar-refractivity contribution < 1.29 is 52.7 Å². The molecule has 2 aliphatic rings. The predicted molar refractivity (Wildman–Crippen MR) is 129 cm³/mol. The summed E-state index contributed by atoms with van der Waals surface area (Å²) in [7, 11) is 0. The van der Waals surface area contributed by atoms with Crippen LogP contribution < -0.4 is 10.6 Å². The van der Waals surface area contributed by atoms with Crippen molar-refractivity contribution in [3.8, 4) is 0 Å². The zero-order valence-electron chi connectivity index (χ0n) is 22.0. The molecule has 2 aromatic rings. The summed E-state index contributed by atoms with van der Waals surface area (Å²) < 4.78 is 153. The van der Waals surface area contributed by atoms with Gasteiger partial charge >= 0.3 is 24.7 Å². The van der Waals surface area contributed by atoms with E-state index in [1.54, 1.807) is 0 Å². The van der Waals surface area contributed by atoms with Crippen molar-refractivity contribution >= 4 is 0 Å². The normalized spacial score (nSPS) is 18.0. The molecule has 0 spiro atoms. The fourth-order valence-electron chi connectivity index (χ4n) is 4.48. The maximum atomic E-state index is 12.7. The number of nitrogens with zero attached hydrogens (tertiary/aromatic N) is 2. The number of alkyl halides is 12. The van der Waals surface area contributed by atoms with Gasteiger partial charge in [-0.15, -0.1) is 0 Å². The van der Waals surface area contributed by atoms with Gasteiger partial charge in [-0.3, -0.25) is 9.80 Å². The van der Waals surface area contributed by atoms with Crippen molar-refractivity contribution in [1.29, 1.82) is 0 Å². The van der Waals surface area contributed by atoms with Crippen molar-refractivity contribution in [3.05, 3.63) is 69.8 Å². The second-order valence-electron chi connectivity index (χ2n) is 9.88. The predicted octanol–water partition coefficient (Wildman–Crippen LogP) is 6.26. The fraction of sp³-hybridized carbons (Fsp3) is 0.538. The molecule has 0 unspecified atom stereocenters. The standard InChI is InChI=1S/2C13H14F6N2/c2*14-12(15,16)10-5-9(6-11(7-10)13(17,18)19)8-21-3-1-20-2-4-21/h2*5-7,20H,1-4,8H2. The average Bonchev–Trinajstić information content (AvgIpc) is 2.88. The maximum Gasteiger partial charge on any atom is 0.416 e. The Kier molecular flexibility index (Phi) is 10.8. The smallest absolute Gasteiger partial charge is 0.314 e.